The molecule has 0 saturated carbocycles. The van der Waals surface area contributed by atoms with Crippen LogP contribution in [0.25, 0.3) is 0 Å². The summed E-state index contributed by atoms with van der Waals surface area (Å²) in [6.45, 7) is 1.41. The minimum absolute atomic E-state index is 0.0416. The van der Waals surface area contributed by atoms with Gasteiger partial charge in [0.2, 0.25) is 11.2 Å². The molecule has 0 spiro atoms. The largest absolute Gasteiger partial charge is 0.377 e. The van der Waals surface area contributed by atoms with E-state index in [4.69, 9.17) is 16.3 Å². The molecule has 0 radical (unpaired) electrons. The van der Waals surface area contributed by atoms with Crippen molar-refractivity contribution in [1.29, 1.82) is 0 Å². The second-order valence-electron chi connectivity index (χ2n) is 6.39. The van der Waals surface area contributed by atoms with Crippen molar-refractivity contribution in [2.75, 3.05) is 24.7 Å². The van der Waals surface area contributed by atoms with Crippen molar-refractivity contribution >= 4 is 39.3 Å². The van der Waals surface area contributed by atoms with Crippen LogP contribution < -0.4 is 10.2 Å². The van der Waals surface area contributed by atoms with Crippen LogP contribution in [0.3, 0.4) is 0 Å². The summed E-state index contributed by atoms with van der Waals surface area (Å²) in [4.78, 5) is 23.2. The Bertz CT molecular complexity index is 835. The summed E-state index contributed by atoms with van der Waals surface area (Å²) in [5.74, 6) is 0.549. The first-order chi connectivity index (χ1) is 12.6. The van der Waals surface area contributed by atoms with Crippen LogP contribution in [0.15, 0.2) is 34.9 Å². The highest BCUT2D eigenvalue weighted by Gasteiger charge is 2.34. The van der Waals surface area contributed by atoms with Crippen molar-refractivity contribution in [1.82, 2.24) is 15.3 Å². The van der Waals surface area contributed by atoms with Crippen LogP contribution in [-0.4, -0.2) is 41.7 Å². The summed E-state index contributed by atoms with van der Waals surface area (Å²) in [6.07, 6.45) is 3.50. The zero-order chi connectivity index (χ0) is 18.1. The third-order valence-corrected chi connectivity index (χ3v) is 5.59. The van der Waals surface area contributed by atoms with Gasteiger partial charge in [0.15, 0.2) is 0 Å². The highest BCUT2D eigenvalue weighted by molar-refractivity contribution is 9.10. The zero-order valence-electron chi connectivity index (χ0n) is 14.0. The Morgan fingerprint density at radius 1 is 1.38 bits per heavy atom. The molecule has 1 aliphatic heterocycles. The first kappa shape index (κ1) is 17.7. The zero-order valence-corrected chi connectivity index (χ0v) is 16.3. The van der Waals surface area contributed by atoms with Crippen LogP contribution in [0.4, 0.5) is 5.82 Å². The molecule has 136 valence electrons. The molecule has 2 heterocycles. The molecule has 0 bridgehead atoms. The van der Waals surface area contributed by atoms with Crippen LogP contribution >= 0.6 is 27.5 Å². The van der Waals surface area contributed by atoms with Crippen molar-refractivity contribution in [3.05, 3.63) is 51.3 Å². The van der Waals surface area contributed by atoms with Crippen molar-refractivity contribution in [3.63, 3.8) is 0 Å². The van der Waals surface area contributed by atoms with E-state index in [-0.39, 0.29) is 17.2 Å². The number of morpholine rings is 1. The SMILES string of the molecule is O=C(NC1CCc2ccccc21)C1COCCN1c1nc(Cl)ncc1Br. The van der Waals surface area contributed by atoms with Crippen molar-refractivity contribution < 1.29 is 9.53 Å². The number of amides is 1. The van der Waals surface area contributed by atoms with E-state index < -0.39 is 6.04 Å². The Hall–Kier alpha value is -1.70. The maximum Gasteiger partial charge on any atom is 0.245 e. The molecule has 2 unspecified atom stereocenters. The van der Waals surface area contributed by atoms with E-state index in [9.17, 15) is 4.79 Å². The Labute approximate surface area is 165 Å². The number of ether oxygens (including phenoxy) is 1. The highest BCUT2D eigenvalue weighted by Crippen LogP contribution is 2.32. The third-order valence-electron chi connectivity index (χ3n) is 4.85. The second kappa shape index (κ2) is 7.50. The average molecular weight is 438 g/mol. The molecule has 1 aromatic carbocycles. The molecule has 6 nitrogen and oxygen atoms in total. The van der Waals surface area contributed by atoms with E-state index in [1.807, 2.05) is 17.0 Å². The maximum absolute atomic E-state index is 13.0. The van der Waals surface area contributed by atoms with Gasteiger partial charge >= 0.3 is 0 Å². The lowest BCUT2D eigenvalue weighted by Gasteiger charge is -2.36. The molecule has 8 heteroatoms. The fourth-order valence-corrected chi connectivity index (χ4v) is 4.14. The smallest absolute Gasteiger partial charge is 0.245 e. The average Bonchev–Trinajstić information content (AvgIpc) is 3.07. The number of nitrogens with zero attached hydrogens (tertiary/aromatic N) is 3. The molecule has 26 heavy (non-hydrogen) atoms. The quantitative estimate of drug-likeness (QED) is 0.748. The summed E-state index contributed by atoms with van der Waals surface area (Å²) < 4.78 is 6.27. The molecule has 2 aromatic rings. The lowest BCUT2D eigenvalue weighted by molar-refractivity contribution is -0.125. The van der Waals surface area contributed by atoms with Crippen molar-refractivity contribution in [3.8, 4) is 0 Å². The standard InChI is InChI=1S/C18H18BrClN4O2/c19-13-9-21-18(20)23-16(13)24-7-8-26-10-15(24)17(25)22-14-6-5-11-3-1-2-4-12(11)14/h1-4,9,14-15H,5-8,10H2,(H,22,25). The Morgan fingerprint density at radius 2 is 2.23 bits per heavy atom. The lowest BCUT2D eigenvalue weighted by atomic mass is 10.1. The topological polar surface area (TPSA) is 67.3 Å². The van der Waals surface area contributed by atoms with Crippen LogP contribution in [-0.2, 0) is 16.0 Å². The molecule has 1 aromatic heterocycles. The van der Waals surface area contributed by atoms with E-state index >= 15 is 0 Å². The Balaban J connectivity index is 1.55. The van der Waals surface area contributed by atoms with Gasteiger partial charge in [0.25, 0.3) is 0 Å². The van der Waals surface area contributed by atoms with Crippen LogP contribution in [0.2, 0.25) is 5.28 Å². The minimum atomic E-state index is -0.459. The number of rotatable bonds is 3. The van der Waals surface area contributed by atoms with Gasteiger partial charge in [-0.15, -0.1) is 0 Å². The van der Waals surface area contributed by atoms with Gasteiger partial charge in [-0.05, 0) is 51.5 Å². The first-order valence-electron chi connectivity index (χ1n) is 8.54. The highest BCUT2D eigenvalue weighted by atomic mass is 79.9. The molecular weight excluding hydrogens is 420 g/mol. The molecule has 1 fully saturated rings. The fourth-order valence-electron chi connectivity index (χ4n) is 3.59. The maximum atomic E-state index is 13.0. The number of nitrogens with one attached hydrogen (secondary N) is 1. The summed E-state index contributed by atoms with van der Waals surface area (Å²) >= 11 is 9.41. The van der Waals surface area contributed by atoms with E-state index in [1.165, 1.54) is 11.1 Å². The van der Waals surface area contributed by atoms with Gasteiger partial charge in [-0.25, -0.2) is 4.98 Å². The van der Waals surface area contributed by atoms with E-state index in [0.717, 1.165) is 12.8 Å². The Kier molecular flexibility index (Phi) is 5.11. The van der Waals surface area contributed by atoms with E-state index in [2.05, 4.69) is 43.3 Å². The van der Waals surface area contributed by atoms with Gasteiger partial charge in [-0.3, -0.25) is 4.79 Å². The number of hydrogen-bond acceptors (Lipinski definition) is 5. The predicted molar refractivity (Wildman–Crippen MR) is 102 cm³/mol. The number of benzene rings is 1. The predicted octanol–water partition coefficient (Wildman–Crippen LogP) is 2.90. The number of carbonyl (C=O) groups is 1. The third kappa shape index (κ3) is 3.43. The van der Waals surface area contributed by atoms with E-state index in [1.54, 1.807) is 6.20 Å². The molecule has 2 atom stereocenters. The first-order valence-corrected chi connectivity index (χ1v) is 9.71. The monoisotopic (exact) mass is 436 g/mol. The Morgan fingerprint density at radius 3 is 3.12 bits per heavy atom. The fraction of sp³-hybridized carbons (Fsp3) is 0.389. The molecule has 1 N–H and O–H groups in total. The molecule has 2 aliphatic rings. The van der Waals surface area contributed by atoms with Crippen LogP contribution in [0, 0.1) is 0 Å². The lowest BCUT2D eigenvalue weighted by Crippen LogP contribution is -2.54. The number of fused-ring (bicyclic) bond motifs is 1. The molecule has 4 rings (SSSR count). The van der Waals surface area contributed by atoms with Gasteiger partial charge < -0.3 is 15.0 Å². The van der Waals surface area contributed by atoms with Gasteiger partial charge in [0.05, 0.1) is 23.7 Å². The van der Waals surface area contributed by atoms with Crippen molar-refractivity contribution in [2.24, 2.45) is 0 Å². The summed E-state index contributed by atoms with van der Waals surface area (Å²) in [5, 5.41) is 3.34. The molecule has 1 saturated heterocycles. The van der Waals surface area contributed by atoms with Gasteiger partial charge in [-0.2, -0.15) is 4.98 Å². The van der Waals surface area contributed by atoms with E-state index in [0.29, 0.717) is 30.0 Å². The number of aromatic nitrogens is 2. The molecule has 1 amide bonds. The second-order valence-corrected chi connectivity index (χ2v) is 7.59. The summed E-state index contributed by atoms with van der Waals surface area (Å²) in [5.41, 5.74) is 2.51. The molecule has 1 aliphatic carbocycles. The summed E-state index contributed by atoms with van der Waals surface area (Å²) in [7, 11) is 0. The van der Waals surface area contributed by atoms with Crippen molar-refractivity contribution in [2.45, 2.75) is 24.9 Å². The normalized spacial score (nSPS) is 22.2. The summed E-state index contributed by atoms with van der Waals surface area (Å²) in [6, 6.07) is 7.84. The number of hydrogen-bond donors (Lipinski definition) is 1. The number of carbonyl (C=O) groups excluding carboxylic acids is 1. The number of aryl methyl sites for hydroxylation is 1. The van der Waals surface area contributed by atoms with Gasteiger partial charge in [-0.1, -0.05) is 24.3 Å². The minimum Gasteiger partial charge on any atom is -0.377 e. The molecular formula is C18H18BrClN4O2. The van der Waals surface area contributed by atoms with Crippen LogP contribution in [0.5, 0.6) is 0 Å². The van der Waals surface area contributed by atoms with Crippen LogP contribution in [0.1, 0.15) is 23.6 Å². The number of anilines is 1. The van der Waals surface area contributed by atoms with Gasteiger partial charge in [0.1, 0.15) is 11.9 Å². The number of halogens is 2. The van der Waals surface area contributed by atoms with Gasteiger partial charge in [0, 0.05) is 12.7 Å².